The number of rotatable bonds is 7. The Balaban J connectivity index is 2.09. The average Bonchev–Trinajstić information content (AvgIpc) is 2.95. The third-order valence-corrected chi connectivity index (χ3v) is 4.30. The van der Waals surface area contributed by atoms with Crippen molar-refractivity contribution in [3.8, 4) is 5.75 Å². The van der Waals surface area contributed by atoms with Gasteiger partial charge in [-0.15, -0.1) is 11.3 Å². The molecule has 1 amide bonds. The monoisotopic (exact) mass is 348 g/mol. The predicted molar refractivity (Wildman–Crippen MR) is 95.5 cm³/mol. The van der Waals surface area contributed by atoms with E-state index >= 15 is 0 Å². The number of ether oxygens (including phenoxy) is 1. The van der Waals surface area contributed by atoms with Crippen molar-refractivity contribution in [2.75, 3.05) is 6.54 Å². The van der Waals surface area contributed by atoms with Gasteiger partial charge in [-0.2, -0.15) is 0 Å². The molecule has 1 aromatic heterocycles. The molecule has 1 atom stereocenters. The number of aliphatic hydroxyl groups is 1. The van der Waals surface area contributed by atoms with Crippen LogP contribution in [0.25, 0.3) is 0 Å². The predicted octanol–water partition coefficient (Wildman–Crippen LogP) is 3.26. The van der Waals surface area contributed by atoms with Gasteiger partial charge in [0.25, 0.3) is 5.91 Å². The van der Waals surface area contributed by atoms with E-state index < -0.39 is 6.10 Å². The number of hydrogen-bond donors (Lipinski definition) is 1. The highest BCUT2D eigenvalue weighted by molar-refractivity contribution is 7.09. The lowest BCUT2D eigenvalue weighted by atomic mass is 10.1. The molecule has 0 spiro atoms. The van der Waals surface area contributed by atoms with E-state index in [9.17, 15) is 9.90 Å². The van der Waals surface area contributed by atoms with Crippen LogP contribution in [0, 0.1) is 6.92 Å². The van der Waals surface area contributed by atoms with Crippen LogP contribution in [-0.4, -0.2) is 39.6 Å². The Morgan fingerprint density at radius 3 is 2.71 bits per heavy atom. The van der Waals surface area contributed by atoms with E-state index in [0.717, 1.165) is 10.7 Å². The molecule has 1 aromatic carbocycles. The summed E-state index contributed by atoms with van der Waals surface area (Å²) in [6, 6.07) is 7.13. The lowest BCUT2D eigenvalue weighted by Crippen LogP contribution is -2.41. The zero-order valence-electron chi connectivity index (χ0n) is 14.5. The first-order chi connectivity index (χ1) is 11.4. The van der Waals surface area contributed by atoms with E-state index in [-0.39, 0.29) is 11.9 Å². The molecule has 0 fully saturated rings. The molecular formula is C18H24N2O3S. The Bertz CT molecular complexity index is 682. The minimum Gasteiger partial charge on any atom is -0.487 e. The summed E-state index contributed by atoms with van der Waals surface area (Å²) in [4.78, 5) is 18.7. The Kier molecular flexibility index (Phi) is 6.34. The number of hydrogen-bond acceptors (Lipinski definition) is 5. The van der Waals surface area contributed by atoms with Crippen LogP contribution in [0.5, 0.6) is 5.75 Å². The van der Waals surface area contributed by atoms with Crippen LogP contribution in [0.1, 0.15) is 41.8 Å². The highest BCUT2D eigenvalue weighted by atomic mass is 32.1. The first kappa shape index (κ1) is 18.4. The molecule has 2 rings (SSSR count). The summed E-state index contributed by atoms with van der Waals surface area (Å²) in [7, 11) is 0. The minimum absolute atomic E-state index is 0.00894. The van der Waals surface area contributed by atoms with Gasteiger partial charge in [-0.25, -0.2) is 4.98 Å². The summed E-state index contributed by atoms with van der Waals surface area (Å²) in [6.45, 7) is 8.19. The molecule has 6 heteroatoms. The summed E-state index contributed by atoms with van der Waals surface area (Å²) in [5.74, 6) is 0.521. The van der Waals surface area contributed by atoms with Gasteiger partial charge in [0, 0.05) is 23.5 Å². The van der Waals surface area contributed by atoms with Gasteiger partial charge in [-0.3, -0.25) is 4.79 Å². The van der Waals surface area contributed by atoms with Crippen molar-refractivity contribution < 1.29 is 14.6 Å². The first-order valence-corrected chi connectivity index (χ1v) is 8.87. The largest absolute Gasteiger partial charge is 0.487 e. The van der Waals surface area contributed by atoms with E-state index in [4.69, 9.17) is 4.74 Å². The number of aliphatic hydroxyl groups excluding tert-OH is 1. The number of aryl methyl sites for hydroxylation is 1. The Labute approximate surface area is 146 Å². The molecule has 0 saturated carbocycles. The zero-order valence-corrected chi connectivity index (χ0v) is 15.3. The summed E-state index contributed by atoms with van der Waals surface area (Å²) in [5, 5.41) is 12.6. The van der Waals surface area contributed by atoms with Crippen LogP contribution in [0.4, 0.5) is 0 Å². The third kappa shape index (κ3) is 5.04. The fraction of sp³-hybridized carbons (Fsp3) is 0.444. The van der Waals surface area contributed by atoms with Crippen molar-refractivity contribution in [1.29, 1.82) is 0 Å². The van der Waals surface area contributed by atoms with Crippen molar-refractivity contribution >= 4 is 17.2 Å². The lowest BCUT2D eigenvalue weighted by Gasteiger charge is -2.28. The van der Waals surface area contributed by atoms with E-state index in [1.807, 2.05) is 32.2 Å². The smallest absolute Gasteiger partial charge is 0.254 e. The fourth-order valence-electron chi connectivity index (χ4n) is 2.33. The molecule has 0 aliphatic carbocycles. The summed E-state index contributed by atoms with van der Waals surface area (Å²) < 4.78 is 5.74. The molecule has 2 aromatic rings. The maximum atomic E-state index is 12.7. The topological polar surface area (TPSA) is 62.7 Å². The summed E-state index contributed by atoms with van der Waals surface area (Å²) in [6.07, 6.45) is -0.566. The second-order valence-electron chi connectivity index (χ2n) is 6.07. The van der Waals surface area contributed by atoms with E-state index in [1.54, 1.807) is 41.4 Å². The Hall–Kier alpha value is -1.92. The van der Waals surface area contributed by atoms with Gasteiger partial charge in [-0.1, -0.05) is 6.07 Å². The molecule has 0 bridgehead atoms. The van der Waals surface area contributed by atoms with Crippen LogP contribution < -0.4 is 4.74 Å². The number of nitrogens with zero attached hydrogens (tertiary/aromatic N) is 2. The van der Waals surface area contributed by atoms with Crippen molar-refractivity contribution in [1.82, 2.24) is 9.88 Å². The minimum atomic E-state index is -0.566. The van der Waals surface area contributed by atoms with Gasteiger partial charge in [0.15, 0.2) is 0 Å². The second-order valence-corrected chi connectivity index (χ2v) is 7.14. The van der Waals surface area contributed by atoms with Gasteiger partial charge in [-0.05, 0) is 45.9 Å². The van der Waals surface area contributed by atoms with Gasteiger partial charge >= 0.3 is 0 Å². The van der Waals surface area contributed by atoms with Crippen LogP contribution in [0.15, 0.2) is 29.6 Å². The van der Waals surface area contributed by atoms with E-state index in [1.165, 1.54) is 0 Å². The average molecular weight is 348 g/mol. The second kappa shape index (κ2) is 8.26. The van der Waals surface area contributed by atoms with Gasteiger partial charge in [0.2, 0.25) is 0 Å². The molecular weight excluding hydrogens is 324 g/mol. The molecule has 1 unspecified atom stereocenters. The molecule has 0 radical (unpaired) electrons. The summed E-state index contributed by atoms with van der Waals surface area (Å²) >= 11 is 1.58. The van der Waals surface area contributed by atoms with Crippen LogP contribution in [-0.2, 0) is 6.61 Å². The van der Waals surface area contributed by atoms with Crippen molar-refractivity contribution in [2.24, 2.45) is 0 Å². The van der Waals surface area contributed by atoms with Crippen molar-refractivity contribution in [2.45, 2.75) is 46.4 Å². The van der Waals surface area contributed by atoms with Gasteiger partial charge in [0.05, 0.1) is 16.8 Å². The van der Waals surface area contributed by atoms with Crippen LogP contribution in [0.2, 0.25) is 0 Å². The maximum absolute atomic E-state index is 12.7. The molecule has 5 nitrogen and oxygen atoms in total. The molecule has 1 heterocycles. The fourth-order valence-corrected chi connectivity index (χ4v) is 2.93. The first-order valence-electron chi connectivity index (χ1n) is 7.99. The number of carbonyl (C=O) groups is 1. The molecule has 24 heavy (non-hydrogen) atoms. The number of benzene rings is 1. The van der Waals surface area contributed by atoms with Crippen LogP contribution >= 0.6 is 11.3 Å². The molecule has 0 aliphatic rings. The summed E-state index contributed by atoms with van der Waals surface area (Å²) in [5.41, 5.74) is 1.43. The zero-order chi connectivity index (χ0) is 17.7. The van der Waals surface area contributed by atoms with Crippen molar-refractivity contribution in [3.05, 3.63) is 45.9 Å². The van der Waals surface area contributed by atoms with Crippen LogP contribution in [0.3, 0.4) is 0 Å². The maximum Gasteiger partial charge on any atom is 0.254 e. The third-order valence-electron chi connectivity index (χ3n) is 3.48. The quantitative estimate of drug-likeness (QED) is 0.834. The standard InChI is InChI=1S/C18H24N2O3S/c1-12(2)20(9-13(3)21)18(22)15-6-5-7-17(8-15)23-10-16-11-24-14(4)19-16/h5-8,11-13,21H,9-10H2,1-4H3. The SMILES string of the molecule is Cc1nc(COc2cccc(C(=O)N(CC(C)O)C(C)C)c2)cs1. The highest BCUT2D eigenvalue weighted by Gasteiger charge is 2.20. The normalized spacial score (nSPS) is 12.2. The number of amides is 1. The van der Waals surface area contributed by atoms with Gasteiger partial charge < -0.3 is 14.7 Å². The van der Waals surface area contributed by atoms with E-state index in [2.05, 4.69) is 4.98 Å². The Morgan fingerprint density at radius 2 is 2.12 bits per heavy atom. The highest BCUT2D eigenvalue weighted by Crippen LogP contribution is 2.18. The number of aromatic nitrogens is 1. The molecule has 1 N–H and O–H groups in total. The Morgan fingerprint density at radius 1 is 1.38 bits per heavy atom. The van der Waals surface area contributed by atoms with Gasteiger partial charge in [0.1, 0.15) is 12.4 Å². The molecule has 0 saturated heterocycles. The molecule has 130 valence electrons. The lowest BCUT2D eigenvalue weighted by molar-refractivity contribution is 0.0578. The molecule has 0 aliphatic heterocycles. The number of thiazole rings is 1. The van der Waals surface area contributed by atoms with Crippen molar-refractivity contribution in [3.63, 3.8) is 0 Å². The number of carbonyl (C=O) groups excluding carboxylic acids is 1. The van der Waals surface area contributed by atoms with E-state index in [0.29, 0.717) is 24.5 Å².